The smallest absolute Gasteiger partial charge is 0.274 e. The number of nitrogens with zero attached hydrogens (tertiary/aromatic N) is 6. The van der Waals surface area contributed by atoms with E-state index in [1.807, 2.05) is 30.0 Å². The highest BCUT2D eigenvalue weighted by molar-refractivity contribution is 5.92. The van der Waals surface area contributed by atoms with Crippen LogP contribution in [0.2, 0.25) is 0 Å². The predicted molar refractivity (Wildman–Crippen MR) is 89.7 cm³/mol. The number of rotatable bonds is 4. The molecule has 2 aliphatic rings. The molecule has 0 aromatic carbocycles. The van der Waals surface area contributed by atoms with Gasteiger partial charge < -0.3 is 14.7 Å². The first kappa shape index (κ1) is 16.1. The van der Waals surface area contributed by atoms with Crippen molar-refractivity contribution in [3.8, 4) is 0 Å². The topological polar surface area (TPSA) is 55.8 Å². The standard InChI is InChI=1S/C16H26N6O/c1-4-20-7-9-21(10-8-20)13-11-22(12-13)16(23)14-5-6-15(18-17-14)19(2)3/h5-6,13H,4,7-12H2,1-3H3. The third-order valence-corrected chi connectivity index (χ3v) is 4.85. The monoisotopic (exact) mass is 318 g/mol. The van der Waals surface area contributed by atoms with Gasteiger partial charge in [0.1, 0.15) is 0 Å². The van der Waals surface area contributed by atoms with Crippen LogP contribution in [0.25, 0.3) is 0 Å². The van der Waals surface area contributed by atoms with Crippen LogP contribution in [0.5, 0.6) is 0 Å². The SMILES string of the molecule is CCN1CCN(C2CN(C(=O)c3ccc(N(C)C)nn3)C2)CC1. The number of hydrogen-bond donors (Lipinski definition) is 0. The minimum atomic E-state index is -0.00810. The first-order valence-electron chi connectivity index (χ1n) is 8.35. The van der Waals surface area contributed by atoms with Gasteiger partial charge in [-0.1, -0.05) is 6.92 Å². The molecule has 126 valence electrons. The van der Waals surface area contributed by atoms with E-state index in [0.717, 1.165) is 51.6 Å². The maximum Gasteiger partial charge on any atom is 0.274 e. The minimum Gasteiger partial charge on any atom is -0.361 e. The van der Waals surface area contributed by atoms with Gasteiger partial charge in [0.25, 0.3) is 5.91 Å². The van der Waals surface area contributed by atoms with Gasteiger partial charge in [0.05, 0.1) is 0 Å². The Morgan fingerprint density at radius 2 is 1.87 bits per heavy atom. The molecule has 1 aromatic rings. The van der Waals surface area contributed by atoms with Crippen LogP contribution < -0.4 is 4.90 Å². The Hall–Kier alpha value is -1.73. The van der Waals surface area contributed by atoms with Gasteiger partial charge in [-0.2, -0.15) is 0 Å². The van der Waals surface area contributed by atoms with Crippen LogP contribution >= 0.6 is 0 Å². The van der Waals surface area contributed by atoms with E-state index in [1.165, 1.54) is 0 Å². The average Bonchev–Trinajstić information content (AvgIpc) is 2.54. The van der Waals surface area contributed by atoms with Gasteiger partial charge in [0, 0.05) is 59.4 Å². The Morgan fingerprint density at radius 1 is 1.17 bits per heavy atom. The fraction of sp³-hybridized carbons (Fsp3) is 0.688. The maximum atomic E-state index is 12.4. The molecule has 0 spiro atoms. The lowest BCUT2D eigenvalue weighted by molar-refractivity contribution is 0.00801. The summed E-state index contributed by atoms with van der Waals surface area (Å²) in [5.74, 6) is 0.753. The van der Waals surface area contributed by atoms with Gasteiger partial charge >= 0.3 is 0 Å². The van der Waals surface area contributed by atoms with Crippen molar-refractivity contribution in [1.29, 1.82) is 0 Å². The van der Waals surface area contributed by atoms with Crippen molar-refractivity contribution in [2.45, 2.75) is 13.0 Å². The highest BCUT2D eigenvalue weighted by atomic mass is 16.2. The quantitative estimate of drug-likeness (QED) is 0.779. The Balaban J connectivity index is 1.50. The van der Waals surface area contributed by atoms with Crippen molar-refractivity contribution in [3.63, 3.8) is 0 Å². The van der Waals surface area contributed by atoms with Gasteiger partial charge in [-0.25, -0.2) is 0 Å². The van der Waals surface area contributed by atoms with Gasteiger partial charge in [0.15, 0.2) is 11.5 Å². The van der Waals surface area contributed by atoms with Crippen LogP contribution in [0.15, 0.2) is 12.1 Å². The molecule has 2 fully saturated rings. The van der Waals surface area contributed by atoms with Crippen molar-refractivity contribution in [2.24, 2.45) is 0 Å². The lowest BCUT2D eigenvalue weighted by Crippen LogP contribution is -2.64. The largest absolute Gasteiger partial charge is 0.361 e. The van der Waals surface area contributed by atoms with E-state index >= 15 is 0 Å². The van der Waals surface area contributed by atoms with E-state index < -0.39 is 0 Å². The van der Waals surface area contributed by atoms with E-state index in [9.17, 15) is 4.79 Å². The number of carbonyl (C=O) groups is 1. The van der Waals surface area contributed by atoms with Crippen molar-refractivity contribution in [1.82, 2.24) is 24.9 Å². The molecule has 0 bridgehead atoms. The van der Waals surface area contributed by atoms with Gasteiger partial charge in [-0.3, -0.25) is 9.69 Å². The number of amides is 1. The Kier molecular flexibility index (Phi) is 4.77. The molecule has 0 radical (unpaired) electrons. The van der Waals surface area contributed by atoms with Crippen LogP contribution in [0.3, 0.4) is 0 Å². The maximum absolute atomic E-state index is 12.4. The molecule has 3 heterocycles. The van der Waals surface area contributed by atoms with Crippen LogP contribution in [0.1, 0.15) is 17.4 Å². The minimum absolute atomic E-state index is 0.00810. The Bertz CT molecular complexity index is 532. The first-order chi connectivity index (χ1) is 11.1. The van der Waals surface area contributed by atoms with E-state index in [2.05, 4.69) is 26.9 Å². The highest BCUT2D eigenvalue weighted by Crippen LogP contribution is 2.19. The number of likely N-dealkylation sites (tertiary alicyclic amines) is 1. The Labute approximate surface area is 137 Å². The van der Waals surface area contributed by atoms with Gasteiger partial charge in [-0.05, 0) is 18.7 Å². The van der Waals surface area contributed by atoms with Crippen LogP contribution in [0, 0.1) is 0 Å². The summed E-state index contributed by atoms with van der Waals surface area (Å²) in [6, 6.07) is 4.10. The van der Waals surface area contributed by atoms with Crippen molar-refractivity contribution in [2.75, 3.05) is 64.8 Å². The molecule has 1 amide bonds. The third kappa shape index (κ3) is 3.45. The number of aromatic nitrogens is 2. The zero-order chi connectivity index (χ0) is 16.4. The summed E-state index contributed by atoms with van der Waals surface area (Å²) in [5, 5.41) is 8.14. The second-order valence-electron chi connectivity index (χ2n) is 6.51. The molecule has 7 nitrogen and oxygen atoms in total. The molecular formula is C16H26N6O. The number of anilines is 1. The van der Waals surface area contributed by atoms with Crippen molar-refractivity contribution in [3.05, 3.63) is 17.8 Å². The summed E-state index contributed by atoms with van der Waals surface area (Å²) in [6.45, 7) is 9.45. The second-order valence-corrected chi connectivity index (χ2v) is 6.51. The third-order valence-electron chi connectivity index (χ3n) is 4.85. The summed E-state index contributed by atoms with van der Waals surface area (Å²) < 4.78 is 0. The fourth-order valence-electron chi connectivity index (χ4n) is 3.14. The van der Waals surface area contributed by atoms with E-state index in [1.54, 1.807) is 6.07 Å². The molecule has 2 saturated heterocycles. The number of hydrogen-bond acceptors (Lipinski definition) is 6. The molecule has 2 aliphatic heterocycles. The molecule has 0 aliphatic carbocycles. The Morgan fingerprint density at radius 3 is 2.39 bits per heavy atom. The summed E-state index contributed by atoms with van der Waals surface area (Å²) in [6.07, 6.45) is 0. The summed E-state index contributed by atoms with van der Waals surface area (Å²) >= 11 is 0. The molecule has 0 N–H and O–H groups in total. The summed E-state index contributed by atoms with van der Waals surface area (Å²) in [4.78, 5) is 21.1. The van der Waals surface area contributed by atoms with E-state index in [-0.39, 0.29) is 5.91 Å². The summed E-state index contributed by atoms with van der Waals surface area (Å²) in [5.41, 5.74) is 0.435. The molecule has 23 heavy (non-hydrogen) atoms. The van der Waals surface area contributed by atoms with Gasteiger partial charge in [0.2, 0.25) is 0 Å². The van der Waals surface area contributed by atoms with Crippen LogP contribution in [-0.4, -0.2) is 96.8 Å². The average molecular weight is 318 g/mol. The highest BCUT2D eigenvalue weighted by Gasteiger charge is 2.36. The zero-order valence-corrected chi connectivity index (χ0v) is 14.3. The van der Waals surface area contributed by atoms with Crippen LogP contribution in [0.4, 0.5) is 5.82 Å². The molecule has 0 unspecified atom stereocenters. The molecule has 3 rings (SSSR count). The predicted octanol–water partition coefficient (Wildman–Crippen LogP) is 0.00450. The fourth-order valence-corrected chi connectivity index (χ4v) is 3.14. The number of likely N-dealkylation sites (N-methyl/N-ethyl adjacent to an activating group) is 1. The second kappa shape index (κ2) is 6.80. The molecule has 0 saturated carbocycles. The molecule has 7 heteroatoms. The molecule has 1 aromatic heterocycles. The van der Waals surface area contributed by atoms with Crippen LogP contribution in [-0.2, 0) is 0 Å². The number of carbonyl (C=O) groups excluding carboxylic acids is 1. The first-order valence-corrected chi connectivity index (χ1v) is 8.35. The summed E-state index contributed by atoms with van der Waals surface area (Å²) in [7, 11) is 3.81. The van der Waals surface area contributed by atoms with E-state index in [0.29, 0.717) is 11.7 Å². The van der Waals surface area contributed by atoms with Gasteiger partial charge in [-0.15, -0.1) is 10.2 Å². The van der Waals surface area contributed by atoms with Crippen molar-refractivity contribution < 1.29 is 4.79 Å². The molecule has 0 atom stereocenters. The zero-order valence-electron chi connectivity index (χ0n) is 14.3. The van der Waals surface area contributed by atoms with E-state index in [4.69, 9.17) is 0 Å². The number of piperazine rings is 1. The normalized spacial score (nSPS) is 20.4. The lowest BCUT2D eigenvalue weighted by atomic mass is 10.1. The molecular weight excluding hydrogens is 292 g/mol. The van der Waals surface area contributed by atoms with Crippen molar-refractivity contribution >= 4 is 11.7 Å². The lowest BCUT2D eigenvalue weighted by Gasteiger charge is -2.47.